The molecule has 0 saturated carbocycles. The first-order chi connectivity index (χ1) is 8.54. The highest BCUT2D eigenvalue weighted by molar-refractivity contribution is 5.29. The molecule has 1 aromatic rings. The minimum atomic E-state index is 0.430. The second-order valence-electron chi connectivity index (χ2n) is 5.93. The zero-order valence-corrected chi connectivity index (χ0v) is 12.1. The van der Waals surface area contributed by atoms with E-state index >= 15 is 0 Å². The standard InChI is InChI=1S/C14H26N4/c1-11(2)15-14-16-12(3)8-18(14)10-13-6-5-7-17(4)9-13/h8,11,13H,5-7,9-10H2,1-4H3,(H,15,16). The van der Waals surface area contributed by atoms with Gasteiger partial charge in [0, 0.05) is 25.3 Å². The van der Waals surface area contributed by atoms with Crippen LogP contribution in [-0.4, -0.2) is 40.6 Å². The number of piperidine rings is 1. The van der Waals surface area contributed by atoms with Crippen molar-refractivity contribution in [1.29, 1.82) is 0 Å². The lowest BCUT2D eigenvalue weighted by Gasteiger charge is -2.30. The number of imidazole rings is 1. The lowest BCUT2D eigenvalue weighted by Crippen LogP contribution is -2.34. The zero-order chi connectivity index (χ0) is 13.1. The van der Waals surface area contributed by atoms with E-state index in [9.17, 15) is 0 Å². The predicted molar refractivity (Wildman–Crippen MR) is 75.9 cm³/mol. The molecule has 1 unspecified atom stereocenters. The third kappa shape index (κ3) is 3.48. The van der Waals surface area contributed by atoms with Gasteiger partial charge in [-0.25, -0.2) is 4.98 Å². The third-order valence-electron chi connectivity index (χ3n) is 3.49. The Kier molecular flexibility index (Phi) is 4.27. The summed E-state index contributed by atoms with van der Waals surface area (Å²) in [7, 11) is 2.22. The number of likely N-dealkylation sites (tertiary alicyclic amines) is 1. The van der Waals surface area contributed by atoms with E-state index in [1.54, 1.807) is 0 Å². The third-order valence-corrected chi connectivity index (χ3v) is 3.49. The summed E-state index contributed by atoms with van der Waals surface area (Å²) in [5.74, 6) is 1.78. The van der Waals surface area contributed by atoms with Crippen LogP contribution in [0.3, 0.4) is 0 Å². The van der Waals surface area contributed by atoms with Crippen molar-refractivity contribution in [3.63, 3.8) is 0 Å². The maximum Gasteiger partial charge on any atom is 0.203 e. The molecule has 0 spiro atoms. The smallest absolute Gasteiger partial charge is 0.203 e. The summed E-state index contributed by atoms with van der Waals surface area (Å²) in [6.45, 7) is 9.91. The Morgan fingerprint density at radius 2 is 2.28 bits per heavy atom. The molecule has 1 aromatic heterocycles. The van der Waals surface area contributed by atoms with Crippen molar-refractivity contribution in [2.45, 2.75) is 46.2 Å². The van der Waals surface area contributed by atoms with E-state index < -0.39 is 0 Å². The molecule has 4 heteroatoms. The zero-order valence-electron chi connectivity index (χ0n) is 12.1. The first-order valence-electron chi connectivity index (χ1n) is 7.03. The van der Waals surface area contributed by atoms with Crippen LogP contribution in [0.5, 0.6) is 0 Å². The second-order valence-corrected chi connectivity index (χ2v) is 5.93. The van der Waals surface area contributed by atoms with Gasteiger partial charge in [0.1, 0.15) is 0 Å². The average Bonchev–Trinajstić information content (AvgIpc) is 2.58. The first kappa shape index (κ1) is 13.4. The van der Waals surface area contributed by atoms with Crippen molar-refractivity contribution in [3.8, 4) is 0 Å². The lowest BCUT2D eigenvalue weighted by molar-refractivity contribution is 0.195. The molecule has 0 amide bonds. The van der Waals surface area contributed by atoms with E-state index in [0.717, 1.165) is 24.1 Å². The number of rotatable bonds is 4. The minimum absolute atomic E-state index is 0.430. The van der Waals surface area contributed by atoms with Gasteiger partial charge in [0.15, 0.2) is 0 Å². The Balaban J connectivity index is 2.03. The van der Waals surface area contributed by atoms with Gasteiger partial charge in [-0.2, -0.15) is 0 Å². The molecule has 1 saturated heterocycles. The van der Waals surface area contributed by atoms with Crippen molar-refractivity contribution in [1.82, 2.24) is 14.5 Å². The van der Waals surface area contributed by atoms with Gasteiger partial charge in [-0.05, 0) is 53.1 Å². The largest absolute Gasteiger partial charge is 0.353 e. The molecule has 1 atom stereocenters. The Bertz CT molecular complexity index is 383. The Morgan fingerprint density at radius 1 is 1.50 bits per heavy atom. The Morgan fingerprint density at radius 3 is 2.94 bits per heavy atom. The van der Waals surface area contributed by atoms with E-state index in [4.69, 9.17) is 0 Å². The molecule has 18 heavy (non-hydrogen) atoms. The van der Waals surface area contributed by atoms with Crippen LogP contribution in [0.1, 0.15) is 32.4 Å². The van der Waals surface area contributed by atoms with Crippen LogP contribution in [-0.2, 0) is 6.54 Å². The Hall–Kier alpha value is -1.03. The van der Waals surface area contributed by atoms with Crippen LogP contribution >= 0.6 is 0 Å². The van der Waals surface area contributed by atoms with Gasteiger partial charge in [-0.15, -0.1) is 0 Å². The van der Waals surface area contributed by atoms with E-state index in [1.807, 2.05) is 0 Å². The molecule has 1 fully saturated rings. The molecule has 102 valence electrons. The van der Waals surface area contributed by atoms with Crippen molar-refractivity contribution < 1.29 is 0 Å². The van der Waals surface area contributed by atoms with Crippen LogP contribution in [0, 0.1) is 12.8 Å². The molecule has 1 aliphatic heterocycles. The number of aryl methyl sites for hydroxylation is 1. The molecule has 0 aliphatic carbocycles. The Labute approximate surface area is 110 Å². The molecule has 0 radical (unpaired) electrons. The first-order valence-corrected chi connectivity index (χ1v) is 7.03. The van der Waals surface area contributed by atoms with E-state index in [2.05, 4.69) is 53.8 Å². The lowest BCUT2D eigenvalue weighted by atomic mass is 9.98. The van der Waals surface area contributed by atoms with Gasteiger partial charge >= 0.3 is 0 Å². The molecule has 2 rings (SSSR count). The molecular weight excluding hydrogens is 224 g/mol. The second kappa shape index (κ2) is 5.74. The normalized spacial score (nSPS) is 21.5. The summed E-state index contributed by atoms with van der Waals surface area (Å²) in [5.41, 5.74) is 1.10. The molecule has 2 heterocycles. The number of hydrogen-bond donors (Lipinski definition) is 1. The fourth-order valence-corrected chi connectivity index (χ4v) is 2.76. The summed E-state index contributed by atoms with van der Waals surface area (Å²) < 4.78 is 2.29. The van der Waals surface area contributed by atoms with E-state index in [0.29, 0.717) is 6.04 Å². The molecule has 4 nitrogen and oxygen atoms in total. The van der Waals surface area contributed by atoms with Crippen molar-refractivity contribution in [2.24, 2.45) is 5.92 Å². The van der Waals surface area contributed by atoms with Crippen molar-refractivity contribution >= 4 is 5.95 Å². The summed E-state index contributed by atoms with van der Waals surface area (Å²) in [6.07, 6.45) is 4.82. The van der Waals surface area contributed by atoms with Crippen molar-refractivity contribution in [2.75, 3.05) is 25.5 Å². The molecule has 0 aromatic carbocycles. The number of hydrogen-bond acceptors (Lipinski definition) is 3. The summed E-state index contributed by atoms with van der Waals surface area (Å²) >= 11 is 0. The van der Waals surface area contributed by atoms with Crippen LogP contribution in [0.15, 0.2) is 6.20 Å². The molecular formula is C14H26N4. The highest BCUT2D eigenvalue weighted by Crippen LogP contribution is 2.20. The molecule has 1 aliphatic rings. The van der Waals surface area contributed by atoms with Gasteiger partial charge < -0.3 is 14.8 Å². The van der Waals surface area contributed by atoms with Gasteiger partial charge in [0.05, 0.1) is 5.69 Å². The molecule has 0 bridgehead atoms. The maximum absolute atomic E-state index is 4.57. The summed E-state index contributed by atoms with van der Waals surface area (Å²) in [5, 5.41) is 3.43. The topological polar surface area (TPSA) is 33.1 Å². The quantitative estimate of drug-likeness (QED) is 0.890. The SMILES string of the molecule is Cc1cn(CC2CCCN(C)C2)c(NC(C)C)n1. The van der Waals surface area contributed by atoms with Crippen LogP contribution in [0.25, 0.3) is 0 Å². The highest BCUT2D eigenvalue weighted by Gasteiger charge is 2.19. The number of nitrogens with zero attached hydrogens (tertiary/aromatic N) is 3. The number of anilines is 1. The fraction of sp³-hybridized carbons (Fsp3) is 0.786. The summed E-state index contributed by atoms with van der Waals surface area (Å²) in [6, 6.07) is 0.430. The minimum Gasteiger partial charge on any atom is -0.353 e. The van der Waals surface area contributed by atoms with Crippen molar-refractivity contribution in [3.05, 3.63) is 11.9 Å². The fourth-order valence-electron chi connectivity index (χ4n) is 2.76. The van der Waals surface area contributed by atoms with Gasteiger partial charge in [0.2, 0.25) is 5.95 Å². The molecule has 1 N–H and O–H groups in total. The summed E-state index contributed by atoms with van der Waals surface area (Å²) in [4.78, 5) is 7.01. The van der Waals surface area contributed by atoms with Crippen LogP contribution in [0.2, 0.25) is 0 Å². The van der Waals surface area contributed by atoms with E-state index in [1.165, 1.54) is 25.9 Å². The number of nitrogens with one attached hydrogen (secondary N) is 1. The van der Waals surface area contributed by atoms with Crippen LogP contribution in [0.4, 0.5) is 5.95 Å². The highest BCUT2D eigenvalue weighted by atomic mass is 15.2. The average molecular weight is 250 g/mol. The van der Waals surface area contributed by atoms with Crippen LogP contribution < -0.4 is 5.32 Å². The van der Waals surface area contributed by atoms with E-state index in [-0.39, 0.29) is 0 Å². The maximum atomic E-state index is 4.57. The van der Waals surface area contributed by atoms with Gasteiger partial charge in [-0.1, -0.05) is 0 Å². The monoisotopic (exact) mass is 250 g/mol. The van der Waals surface area contributed by atoms with Gasteiger partial charge in [0.25, 0.3) is 0 Å². The number of aromatic nitrogens is 2. The van der Waals surface area contributed by atoms with Gasteiger partial charge in [-0.3, -0.25) is 0 Å². The predicted octanol–water partition coefficient (Wildman–Crippen LogP) is 2.35.